The summed E-state index contributed by atoms with van der Waals surface area (Å²) in [6, 6.07) is 22.2. The maximum absolute atomic E-state index is 11.9. The van der Waals surface area contributed by atoms with Gasteiger partial charge >= 0.3 is 0 Å². The third-order valence-electron chi connectivity index (χ3n) is 5.17. The number of phenols is 1. The van der Waals surface area contributed by atoms with Gasteiger partial charge < -0.3 is 5.11 Å². The Labute approximate surface area is 186 Å². The van der Waals surface area contributed by atoms with Crippen LogP contribution in [0.25, 0.3) is 39.2 Å². The van der Waals surface area contributed by atoms with Gasteiger partial charge in [-0.3, -0.25) is 4.79 Å². The lowest BCUT2D eigenvalue weighted by atomic mass is 9.90. The molecule has 0 atom stereocenters. The molecule has 7 heteroatoms. The van der Waals surface area contributed by atoms with Crippen molar-refractivity contribution in [3.05, 3.63) is 93.8 Å². The summed E-state index contributed by atoms with van der Waals surface area (Å²) in [5, 5.41) is 19.9. The molecule has 0 aliphatic carbocycles. The molecule has 6 nitrogen and oxygen atoms in total. The van der Waals surface area contributed by atoms with Gasteiger partial charge in [-0.1, -0.05) is 40.2 Å². The molecule has 5 aromatic rings. The fourth-order valence-corrected chi connectivity index (χ4v) is 4.05. The summed E-state index contributed by atoms with van der Waals surface area (Å²) in [5.74, 6) is 0.144. The summed E-state index contributed by atoms with van der Waals surface area (Å²) in [4.78, 5) is 11.9. The van der Waals surface area contributed by atoms with Crippen molar-refractivity contribution in [2.24, 2.45) is 7.05 Å². The van der Waals surface area contributed by atoms with Crippen LogP contribution >= 0.6 is 15.9 Å². The molecular weight excluding hydrogens is 456 g/mol. The number of halogens is 1. The Hall–Kier alpha value is -3.71. The highest BCUT2D eigenvalue weighted by Gasteiger charge is 2.20. The number of hydrogen-bond acceptors (Lipinski definition) is 4. The molecule has 0 aliphatic heterocycles. The van der Waals surface area contributed by atoms with Gasteiger partial charge in [-0.2, -0.15) is 10.2 Å². The second-order valence-corrected chi connectivity index (χ2v) is 8.09. The number of aryl methyl sites for hydroxylation is 1. The van der Waals surface area contributed by atoms with Crippen LogP contribution in [0.5, 0.6) is 5.75 Å². The molecule has 3 heterocycles. The molecule has 0 unspecified atom stereocenters. The van der Waals surface area contributed by atoms with Crippen LogP contribution in [0.15, 0.2) is 88.3 Å². The van der Waals surface area contributed by atoms with Gasteiger partial charge in [-0.15, -0.1) is 0 Å². The number of fused-ring (bicyclic) bond motifs is 1. The fraction of sp³-hybridized carbons (Fsp3) is 0.0417. The summed E-state index contributed by atoms with van der Waals surface area (Å²) < 4.78 is 3.96. The SMILES string of the molecule is Cn1nc(-c2cccc(-c3cc4ccccn4n3)c2-c2cc(Br)ccc2O)ccc1=O. The van der Waals surface area contributed by atoms with E-state index < -0.39 is 0 Å². The Bertz CT molecular complexity index is 1470. The second-order valence-electron chi connectivity index (χ2n) is 7.17. The third kappa shape index (κ3) is 3.43. The van der Waals surface area contributed by atoms with Crippen LogP contribution in [-0.4, -0.2) is 24.5 Å². The highest BCUT2D eigenvalue weighted by atomic mass is 79.9. The summed E-state index contributed by atoms with van der Waals surface area (Å²) in [5.41, 5.74) is 5.25. The predicted octanol–water partition coefficient (Wildman–Crippen LogP) is 4.90. The summed E-state index contributed by atoms with van der Waals surface area (Å²) in [6.45, 7) is 0. The maximum Gasteiger partial charge on any atom is 0.266 e. The minimum absolute atomic E-state index is 0.144. The molecular formula is C24H17BrN4O2. The van der Waals surface area contributed by atoms with Gasteiger partial charge in [0.1, 0.15) is 5.75 Å². The molecule has 0 saturated carbocycles. The molecule has 0 fully saturated rings. The van der Waals surface area contributed by atoms with Gasteiger partial charge in [-0.25, -0.2) is 9.20 Å². The van der Waals surface area contributed by atoms with Crippen LogP contribution in [0.2, 0.25) is 0 Å². The molecule has 1 N–H and O–H groups in total. The molecule has 0 aliphatic rings. The molecule has 0 saturated heterocycles. The summed E-state index contributed by atoms with van der Waals surface area (Å²) >= 11 is 3.51. The van der Waals surface area contributed by atoms with Crippen LogP contribution in [0.1, 0.15) is 0 Å². The summed E-state index contributed by atoms with van der Waals surface area (Å²) in [7, 11) is 1.62. The predicted molar refractivity (Wildman–Crippen MR) is 124 cm³/mol. The number of aromatic hydroxyl groups is 1. The molecule has 152 valence electrons. The molecule has 31 heavy (non-hydrogen) atoms. The van der Waals surface area contributed by atoms with Gasteiger partial charge in [0.2, 0.25) is 0 Å². The van der Waals surface area contributed by atoms with E-state index in [1.165, 1.54) is 10.7 Å². The number of pyridine rings is 1. The van der Waals surface area contributed by atoms with E-state index in [2.05, 4.69) is 21.0 Å². The van der Waals surface area contributed by atoms with Crippen molar-refractivity contribution in [1.82, 2.24) is 19.4 Å². The van der Waals surface area contributed by atoms with E-state index in [-0.39, 0.29) is 11.3 Å². The van der Waals surface area contributed by atoms with E-state index in [0.29, 0.717) is 11.3 Å². The largest absolute Gasteiger partial charge is 0.507 e. The number of phenolic OH excluding ortho intramolecular Hbond substituents is 1. The minimum atomic E-state index is -0.188. The lowest BCUT2D eigenvalue weighted by Crippen LogP contribution is -2.18. The molecule has 5 rings (SSSR count). The van der Waals surface area contributed by atoms with Gasteiger partial charge in [0.05, 0.1) is 16.9 Å². The minimum Gasteiger partial charge on any atom is -0.507 e. The van der Waals surface area contributed by atoms with E-state index in [1.807, 2.05) is 59.2 Å². The topological polar surface area (TPSA) is 72.4 Å². The first-order valence-electron chi connectivity index (χ1n) is 9.63. The average molecular weight is 473 g/mol. The van der Waals surface area contributed by atoms with E-state index >= 15 is 0 Å². The molecule has 3 aromatic heterocycles. The molecule has 0 radical (unpaired) electrons. The highest BCUT2D eigenvalue weighted by Crippen LogP contribution is 2.43. The van der Waals surface area contributed by atoms with Gasteiger partial charge in [-0.05, 0) is 42.5 Å². The van der Waals surface area contributed by atoms with Crippen LogP contribution in [0.4, 0.5) is 0 Å². The zero-order valence-corrected chi connectivity index (χ0v) is 18.1. The maximum atomic E-state index is 11.9. The first-order chi connectivity index (χ1) is 15.0. The number of aromatic nitrogens is 4. The quantitative estimate of drug-likeness (QED) is 0.405. The summed E-state index contributed by atoms with van der Waals surface area (Å²) in [6.07, 6.45) is 1.90. The first-order valence-corrected chi connectivity index (χ1v) is 10.4. The number of hydrogen-bond donors (Lipinski definition) is 1. The number of nitrogens with zero attached hydrogens (tertiary/aromatic N) is 4. The van der Waals surface area contributed by atoms with Crippen LogP contribution in [0, 0.1) is 0 Å². The number of rotatable bonds is 3. The van der Waals surface area contributed by atoms with Crippen LogP contribution in [-0.2, 0) is 7.05 Å². The lowest BCUT2D eigenvalue weighted by molar-refractivity contribution is 0.477. The van der Waals surface area contributed by atoms with Gasteiger partial charge in [0.25, 0.3) is 5.56 Å². The zero-order valence-electron chi connectivity index (χ0n) is 16.5. The average Bonchev–Trinajstić information content (AvgIpc) is 3.21. The van der Waals surface area contributed by atoms with Crippen molar-refractivity contribution in [2.45, 2.75) is 0 Å². The Morgan fingerprint density at radius 2 is 1.65 bits per heavy atom. The third-order valence-corrected chi connectivity index (χ3v) is 5.67. The van der Waals surface area contributed by atoms with E-state index in [9.17, 15) is 9.90 Å². The monoisotopic (exact) mass is 472 g/mol. The van der Waals surface area contributed by atoms with E-state index in [0.717, 1.165) is 32.4 Å². The Morgan fingerprint density at radius 3 is 2.42 bits per heavy atom. The van der Waals surface area contributed by atoms with Crippen molar-refractivity contribution in [3.8, 4) is 39.4 Å². The standard InChI is InChI=1S/C24H17BrN4O2/c1-28-23(31)11-9-20(26-28)17-6-4-7-18(21-14-16-5-2-3-12-29(16)27-21)24(17)19-13-15(25)8-10-22(19)30/h2-14,30H,1H3. The number of benzene rings is 2. The normalized spacial score (nSPS) is 11.2. The van der Waals surface area contributed by atoms with Gasteiger partial charge in [0.15, 0.2) is 0 Å². The van der Waals surface area contributed by atoms with Crippen LogP contribution in [0.3, 0.4) is 0 Å². The smallest absolute Gasteiger partial charge is 0.266 e. The second kappa shape index (κ2) is 7.52. The van der Waals surface area contributed by atoms with Crippen molar-refractivity contribution < 1.29 is 5.11 Å². The Balaban J connectivity index is 1.85. The van der Waals surface area contributed by atoms with Crippen LogP contribution < -0.4 is 5.56 Å². The molecule has 2 aromatic carbocycles. The van der Waals surface area contributed by atoms with Crippen molar-refractivity contribution in [1.29, 1.82) is 0 Å². The van der Waals surface area contributed by atoms with E-state index in [4.69, 9.17) is 5.10 Å². The van der Waals surface area contributed by atoms with Crippen molar-refractivity contribution >= 4 is 21.4 Å². The van der Waals surface area contributed by atoms with E-state index in [1.54, 1.807) is 25.2 Å². The molecule has 0 amide bonds. The molecule has 0 bridgehead atoms. The first kappa shape index (κ1) is 19.3. The van der Waals surface area contributed by atoms with Gasteiger partial charge in [0, 0.05) is 46.0 Å². The van der Waals surface area contributed by atoms with Crippen molar-refractivity contribution in [3.63, 3.8) is 0 Å². The fourth-order valence-electron chi connectivity index (χ4n) is 3.69. The highest BCUT2D eigenvalue weighted by molar-refractivity contribution is 9.10. The Morgan fingerprint density at radius 1 is 0.839 bits per heavy atom. The Kier molecular flexibility index (Phi) is 4.67. The zero-order chi connectivity index (χ0) is 21.5. The molecule has 0 spiro atoms. The van der Waals surface area contributed by atoms with Crippen molar-refractivity contribution in [2.75, 3.05) is 0 Å². The lowest BCUT2D eigenvalue weighted by Gasteiger charge is -2.16.